The molecule has 0 amide bonds. The SMILES string of the molecule is COCCOCCCNCC(O)COC. The van der Waals surface area contributed by atoms with E-state index in [1.54, 1.807) is 14.2 Å². The number of aliphatic hydroxyl groups excluding tert-OH is 1. The van der Waals surface area contributed by atoms with Gasteiger partial charge in [-0.15, -0.1) is 0 Å². The van der Waals surface area contributed by atoms with Crippen LogP contribution in [0.5, 0.6) is 0 Å². The van der Waals surface area contributed by atoms with Crippen molar-refractivity contribution in [2.75, 3.05) is 53.7 Å². The van der Waals surface area contributed by atoms with E-state index in [1.807, 2.05) is 0 Å². The maximum Gasteiger partial charge on any atom is 0.0897 e. The normalized spacial score (nSPS) is 13.0. The third kappa shape index (κ3) is 11.7. The Kier molecular flexibility index (Phi) is 11.7. The molecule has 5 nitrogen and oxygen atoms in total. The van der Waals surface area contributed by atoms with E-state index in [9.17, 15) is 5.11 Å². The van der Waals surface area contributed by atoms with Gasteiger partial charge in [-0.05, 0) is 13.0 Å². The second-order valence-electron chi connectivity index (χ2n) is 3.27. The lowest BCUT2D eigenvalue weighted by atomic mass is 10.3. The highest BCUT2D eigenvalue weighted by Crippen LogP contribution is 1.84. The summed E-state index contributed by atoms with van der Waals surface area (Å²) in [7, 11) is 3.23. The maximum absolute atomic E-state index is 9.29. The van der Waals surface area contributed by atoms with Crippen LogP contribution in [0.25, 0.3) is 0 Å². The van der Waals surface area contributed by atoms with Gasteiger partial charge in [-0.25, -0.2) is 0 Å². The minimum absolute atomic E-state index is 0.372. The molecule has 0 heterocycles. The van der Waals surface area contributed by atoms with Crippen molar-refractivity contribution in [3.63, 3.8) is 0 Å². The van der Waals surface area contributed by atoms with E-state index in [4.69, 9.17) is 14.2 Å². The van der Waals surface area contributed by atoms with Crippen molar-refractivity contribution < 1.29 is 19.3 Å². The summed E-state index contributed by atoms with van der Waals surface area (Å²) in [5, 5.41) is 12.4. The average Bonchev–Trinajstić information content (AvgIpc) is 2.22. The lowest BCUT2D eigenvalue weighted by Crippen LogP contribution is -2.31. The van der Waals surface area contributed by atoms with Gasteiger partial charge in [0, 0.05) is 27.4 Å². The van der Waals surface area contributed by atoms with Crippen LogP contribution >= 0.6 is 0 Å². The lowest BCUT2D eigenvalue weighted by molar-refractivity contribution is 0.0605. The summed E-state index contributed by atoms with van der Waals surface area (Å²) in [5.41, 5.74) is 0. The topological polar surface area (TPSA) is 60.0 Å². The van der Waals surface area contributed by atoms with Crippen LogP contribution < -0.4 is 5.32 Å². The van der Waals surface area contributed by atoms with Crippen LogP contribution in [-0.2, 0) is 14.2 Å². The number of rotatable bonds is 11. The molecule has 0 bridgehead atoms. The number of aliphatic hydroxyl groups is 1. The molecule has 0 rings (SSSR count). The zero-order valence-electron chi connectivity index (χ0n) is 9.70. The van der Waals surface area contributed by atoms with Gasteiger partial charge in [0.05, 0.1) is 25.9 Å². The molecule has 0 aromatic heterocycles. The molecule has 92 valence electrons. The summed E-state index contributed by atoms with van der Waals surface area (Å²) in [5.74, 6) is 0. The Morgan fingerprint density at radius 3 is 2.60 bits per heavy atom. The average molecular weight is 221 g/mol. The molecule has 0 saturated carbocycles. The van der Waals surface area contributed by atoms with Crippen molar-refractivity contribution in [2.45, 2.75) is 12.5 Å². The van der Waals surface area contributed by atoms with Crippen LogP contribution in [0.3, 0.4) is 0 Å². The van der Waals surface area contributed by atoms with Crippen molar-refractivity contribution in [3.05, 3.63) is 0 Å². The minimum atomic E-state index is -0.426. The summed E-state index contributed by atoms with van der Waals surface area (Å²) in [6.07, 6.45) is 0.507. The van der Waals surface area contributed by atoms with E-state index in [2.05, 4.69) is 5.32 Å². The fraction of sp³-hybridized carbons (Fsp3) is 1.00. The molecule has 0 aromatic rings. The highest BCUT2D eigenvalue weighted by molar-refractivity contribution is 4.57. The fourth-order valence-electron chi connectivity index (χ4n) is 1.06. The van der Waals surface area contributed by atoms with Gasteiger partial charge in [-0.3, -0.25) is 0 Å². The Labute approximate surface area is 91.7 Å². The molecule has 0 aromatic carbocycles. The van der Waals surface area contributed by atoms with Crippen molar-refractivity contribution in [2.24, 2.45) is 0 Å². The fourth-order valence-corrected chi connectivity index (χ4v) is 1.06. The van der Waals surface area contributed by atoms with Gasteiger partial charge >= 0.3 is 0 Å². The number of methoxy groups -OCH3 is 2. The van der Waals surface area contributed by atoms with E-state index in [0.29, 0.717) is 26.4 Å². The predicted molar refractivity (Wildman–Crippen MR) is 58.1 cm³/mol. The van der Waals surface area contributed by atoms with Gasteiger partial charge in [0.1, 0.15) is 0 Å². The standard InChI is InChI=1S/C10H23NO4/c1-13-6-7-15-5-3-4-11-8-10(12)9-14-2/h10-12H,3-9H2,1-2H3. The van der Waals surface area contributed by atoms with E-state index in [-0.39, 0.29) is 0 Å². The molecule has 0 radical (unpaired) electrons. The van der Waals surface area contributed by atoms with Crippen LogP contribution in [-0.4, -0.2) is 64.9 Å². The third-order valence-electron chi connectivity index (χ3n) is 1.81. The van der Waals surface area contributed by atoms with Gasteiger partial charge < -0.3 is 24.6 Å². The van der Waals surface area contributed by atoms with Gasteiger partial charge in [0.2, 0.25) is 0 Å². The summed E-state index contributed by atoms with van der Waals surface area (Å²) in [6.45, 7) is 3.77. The van der Waals surface area contributed by atoms with Crippen molar-refractivity contribution in [3.8, 4) is 0 Å². The molecule has 0 aliphatic rings. The molecule has 15 heavy (non-hydrogen) atoms. The van der Waals surface area contributed by atoms with E-state index in [0.717, 1.165) is 19.6 Å². The Balaban J connectivity index is 2.98. The highest BCUT2D eigenvalue weighted by atomic mass is 16.5. The van der Waals surface area contributed by atoms with Gasteiger partial charge in [-0.2, -0.15) is 0 Å². The molecule has 0 fully saturated rings. The summed E-state index contributed by atoms with van der Waals surface area (Å²) in [4.78, 5) is 0. The minimum Gasteiger partial charge on any atom is -0.389 e. The highest BCUT2D eigenvalue weighted by Gasteiger charge is 2.00. The first kappa shape index (κ1) is 14.8. The zero-order valence-corrected chi connectivity index (χ0v) is 9.70. The monoisotopic (exact) mass is 221 g/mol. The molecular weight excluding hydrogens is 198 g/mol. The van der Waals surface area contributed by atoms with Crippen molar-refractivity contribution in [1.29, 1.82) is 0 Å². The lowest BCUT2D eigenvalue weighted by Gasteiger charge is -2.10. The molecule has 0 aliphatic carbocycles. The van der Waals surface area contributed by atoms with Crippen molar-refractivity contribution >= 4 is 0 Å². The molecule has 5 heteroatoms. The van der Waals surface area contributed by atoms with Crippen LogP contribution in [0.15, 0.2) is 0 Å². The summed E-state index contributed by atoms with van der Waals surface area (Å²) < 4.78 is 14.9. The smallest absolute Gasteiger partial charge is 0.0897 e. The predicted octanol–water partition coefficient (Wildman–Crippen LogP) is -0.364. The molecule has 0 spiro atoms. The number of nitrogens with one attached hydrogen (secondary N) is 1. The zero-order chi connectivity index (χ0) is 11.4. The first-order valence-corrected chi connectivity index (χ1v) is 5.25. The van der Waals surface area contributed by atoms with Crippen LogP contribution in [0.2, 0.25) is 0 Å². The van der Waals surface area contributed by atoms with Crippen LogP contribution in [0.1, 0.15) is 6.42 Å². The number of hydrogen-bond acceptors (Lipinski definition) is 5. The molecule has 1 unspecified atom stereocenters. The molecular formula is C10H23NO4. The summed E-state index contributed by atoms with van der Waals surface area (Å²) in [6, 6.07) is 0. The third-order valence-corrected chi connectivity index (χ3v) is 1.81. The van der Waals surface area contributed by atoms with Gasteiger partial charge in [0.25, 0.3) is 0 Å². The molecule has 2 N–H and O–H groups in total. The largest absolute Gasteiger partial charge is 0.389 e. The van der Waals surface area contributed by atoms with Crippen LogP contribution in [0, 0.1) is 0 Å². The Bertz CT molecular complexity index is 124. The number of hydrogen-bond donors (Lipinski definition) is 2. The number of ether oxygens (including phenoxy) is 3. The Morgan fingerprint density at radius 1 is 1.13 bits per heavy atom. The molecule has 1 atom stereocenters. The van der Waals surface area contributed by atoms with E-state index >= 15 is 0 Å². The second-order valence-corrected chi connectivity index (χ2v) is 3.27. The van der Waals surface area contributed by atoms with E-state index < -0.39 is 6.10 Å². The molecule has 0 saturated heterocycles. The Morgan fingerprint density at radius 2 is 1.93 bits per heavy atom. The second kappa shape index (κ2) is 11.9. The van der Waals surface area contributed by atoms with E-state index in [1.165, 1.54) is 0 Å². The first-order valence-electron chi connectivity index (χ1n) is 5.25. The Hall–Kier alpha value is -0.200. The van der Waals surface area contributed by atoms with Crippen LogP contribution in [0.4, 0.5) is 0 Å². The van der Waals surface area contributed by atoms with Crippen molar-refractivity contribution in [1.82, 2.24) is 5.32 Å². The molecule has 0 aliphatic heterocycles. The van der Waals surface area contributed by atoms with Gasteiger partial charge in [-0.1, -0.05) is 0 Å². The van der Waals surface area contributed by atoms with Gasteiger partial charge in [0.15, 0.2) is 0 Å². The summed E-state index contributed by atoms with van der Waals surface area (Å²) >= 11 is 0. The first-order chi connectivity index (χ1) is 7.31. The quantitative estimate of drug-likeness (QED) is 0.466. The maximum atomic E-state index is 9.29.